The van der Waals surface area contributed by atoms with Crippen LogP contribution in [0.4, 0.5) is 0 Å². The minimum absolute atomic E-state index is 0.129. The molecule has 0 aliphatic heterocycles. The highest BCUT2D eigenvalue weighted by atomic mass is 32.2. The van der Waals surface area contributed by atoms with E-state index in [4.69, 9.17) is 0 Å². The molecule has 24 heavy (non-hydrogen) atoms. The molecule has 0 aromatic heterocycles. The smallest absolute Gasteiger partial charge is 0.191 e. The molecule has 1 atom stereocenters. The van der Waals surface area contributed by atoms with E-state index >= 15 is 0 Å². The van der Waals surface area contributed by atoms with Crippen molar-refractivity contribution in [3.63, 3.8) is 0 Å². The van der Waals surface area contributed by atoms with Crippen molar-refractivity contribution in [1.82, 2.24) is 10.6 Å². The first kappa shape index (κ1) is 23.2. The average Bonchev–Trinajstić information content (AvgIpc) is 2.47. The van der Waals surface area contributed by atoms with E-state index in [1.54, 1.807) is 0 Å². The summed E-state index contributed by atoms with van der Waals surface area (Å²) in [5, 5.41) is 6.74. The number of hydrogen-bond donors (Lipinski definition) is 2. The van der Waals surface area contributed by atoms with Crippen molar-refractivity contribution in [1.29, 1.82) is 0 Å². The number of hydrogen-bond acceptors (Lipinski definition) is 3. The van der Waals surface area contributed by atoms with Gasteiger partial charge in [0.15, 0.2) is 5.96 Å². The van der Waals surface area contributed by atoms with Gasteiger partial charge < -0.3 is 10.6 Å². The number of aliphatic imine (C=N–C) groups is 1. The lowest BCUT2D eigenvalue weighted by Crippen LogP contribution is -2.42. The first-order chi connectivity index (χ1) is 11.1. The van der Waals surface area contributed by atoms with Crippen LogP contribution >= 0.6 is 0 Å². The molecule has 0 rings (SSSR count). The molecule has 1 unspecified atom stereocenters. The summed E-state index contributed by atoms with van der Waals surface area (Å²) in [5.74, 6) is 1.04. The highest BCUT2D eigenvalue weighted by Gasteiger charge is 2.20. The van der Waals surface area contributed by atoms with Crippen molar-refractivity contribution in [3.8, 4) is 0 Å². The van der Waals surface area contributed by atoms with E-state index in [0.717, 1.165) is 18.9 Å². The predicted molar refractivity (Wildman–Crippen MR) is 105 cm³/mol. The average molecular weight is 362 g/mol. The lowest BCUT2D eigenvalue weighted by Gasteiger charge is -2.24. The van der Waals surface area contributed by atoms with Gasteiger partial charge in [-0.05, 0) is 32.1 Å². The second-order valence-corrected chi connectivity index (χ2v) is 9.89. The maximum absolute atomic E-state index is 11.4. The minimum Gasteiger partial charge on any atom is -0.357 e. The standard InChI is InChI=1S/C18H39N3O2S/c1-7-9-10-11-12-16(3)21-17(19-8-2)20-15-18(4,5)13-14-24(6,22)23/h16H,7-15H2,1-6H3,(H2,19,20,21). The van der Waals surface area contributed by atoms with Crippen LogP contribution < -0.4 is 10.6 Å². The normalized spacial score (nSPS) is 14.5. The third-order valence-electron chi connectivity index (χ3n) is 4.03. The third-order valence-corrected chi connectivity index (χ3v) is 4.98. The summed E-state index contributed by atoms with van der Waals surface area (Å²) in [6.45, 7) is 12.0. The van der Waals surface area contributed by atoms with Gasteiger partial charge in [-0.3, -0.25) is 4.99 Å². The first-order valence-electron chi connectivity index (χ1n) is 9.32. The number of guanidine groups is 1. The Labute approximate surface area is 150 Å². The Morgan fingerprint density at radius 2 is 1.83 bits per heavy atom. The van der Waals surface area contributed by atoms with Crippen molar-refractivity contribution in [2.24, 2.45) is 10.4 Å². The van der Waals surface area contributed by atoms with Crippen molar-refractivity contribution in [2.45, 2.75) is 79.2 Å². The summed E-state index contributed by atoms with van der Waals surface area (Å²) in [7, 11) is -2.92. The van der Waals surface area contributed by atoms with E-state index in [1.165, 1.54) is 31.9 Å². The Morgan fingerprint density at radius 3 is 2.38 bits per heavy atom. The van der Waals surface area contributed by atoms with Gasteiger partial charge in [0, 0.05) is 25.4 Å². The van der Waals surface area contributed by atoms with Gasteiger partial charge in [0.2, 0.25) is 0 Å². The Kier molecular flexibility index (Phi) is 11.3. The molecular weight excluding hydrogens is 322 g/mol. The Balaban J connectivity index is 4.48. The quantitative estimate of drug-likeness (QED) is 0.318. The molecular formula is C18H39N3O2S. The number of rotatable bonds is 12. The molecule has 0 radical (unpaired) electrons. The molecule has 2 N–H and O–H groups in total. The van der Waals surface area contributed by atoms with Crippen LogP contribution in [-0.4, -0.2) is 45.5 Å². The van der Waals surface area contributed by atoms with Crippen LogP contribution in [0.2, 0.25) is 0 Å². The molecule has 0 saturated heterocycles. The lowest BCUT2D eigenvalue weighted by atomic mass is 9.90. The van der Waals surface area contributed by atoms with Crippen molar-refractivity contribution >= 4 is 15.8 Å². The van der Waals surface area contributed by atoms with E-state index in [9.17, 15) is 8.42 Å². The fourth-order valence-corrected chi connectivity index (χ4v) is 3.26. The molecule has 0 spiro atoms. The van der Waals surface area contributed by atoms with Crippen LogP contribution in [0.5, 0.6) is 0 Å². The van der Waals surface area contributed by atoms with E-state index in [1.807, 2.05) is 0 Å². The molecule has 0 aromatic rings. The minimum atomic E-state index is -2.92. The number of nitrogens with zero attached hydrogens (tertiary/aromatic N) is 1. The van der Waals surface area contributed by atoms with Crippen LogP contribution in [0.1, 0.15) is 73.1 Å². The molecule has 144 valence electrons. The van der Waals surface area contributed by atoms with Crippen LogP contribution in [0.15, 0.2) is 4.99 Å². The summed E-state index contributed by atoms with van der Waals surface area (Å²) < 4.78 is 22.7. The third kappa shape index (κ3) is 13.6. The fourth-order valence-electron chi connectivity index (χ4n) is 2.34. The Hall–Kier alpha value is -0.780. The molecule has 0 saturated carbocycles. The van der Waals surface area contributed by atoms with E-state index in [0.29, 0.717) is 19.0 Å². The van der Waals surface area contributed by atoms with Gasteiger partial charge in [0.1, 0.15) is 9.84 Å². The molecule has 0 aromatic carbocycles. The molecule has 6 heteroatoms. The fraction of sp³-hybridized carbons (Fsp3) is 0.944. The van der Waals surface area contributed by atoms with Gasteiger partial charge in [0.25, 0.3) is 0 Å². The molecule has 0 fully saturated rings. The van der Waals surface area contributed by atoms with Gasteiger partial charge in [-0.15, -0.1) is 0 Å². The van der Waals surface area contributed by atoms with Crippen LogP contribution in [0.3, 0.4) is 0 Å². The summed E-state index contributed by atoms with van der Waals surface area (Å²) in [4.78, 5) is 4.67. The van der Waals surface area contributed by atoms with E-state index in [-0.39, 0.29) is 11.2 Å². The Morgan fingerprint density at radius 1 is 1.17 bits per heavy atom. The first-order valence-corrected chi connectivity index (χ1v) is 11.4. The lowest BCUT2D eigenvalue weighted by molar-refractivity contribution is 0.365. The maximum atomic E-state index is 11.4. The summed E-state index contributed by atoms with van der Waals surface area (Å²) in [6, 6.07) is 0.388. The van der Waals surface area contributed by atoms with Gasteiger partial charge in [-0.25, -0.2) is 8.42 Å². The zero-order valence-corrected chi connectivity index (χ0v) is 17.4. The van der Waals surface area contributed by atoms with Gasteiger partial charge in [-0.1, -0.05) is 46.5 Å². The van der Waals surface area contributed by atoms with Gasteiger partial charge in [0.05, 0.1) is 5.75 Å². The maximum Gasteiger partial charge on any atom is 0.191 e. The van der Waals surface area contributed by atoms with Crippen molar-refractivity contribution < 1.29 is 8.42 Å². The molecule has 0 aliphatic rings. The zero-order valence-electron chi connectivity index (χ0n) is 16.6. The zero-order chi connectivity index (χ0) is 18.6. The van der Waals surface area contributed by atoms with Crippen molar-refractivity contribution in [2.75, 3.05) is 25.1 Å². The SMILES string of the molecule is CCCCCCC(C)NC(=NCC(C)(C)CCS(C)(=O)=O)NCC. The van der Waals surface area contributed by atoms with Gasteiger partial charge >= 0.3 is 0 Å². The second kappa shape index (κ2) is 11.7. The Bertz CT molecular complexity index is 459. The molecule has 0 aliphatic carbocycles. The number of nitrogens with one attached hydrogen (secondary N) is 2. The highest BCUT2D eigenvalue weighted by Crippen LogP contribution is 2.21. The van der Waals surface area contributed by atoms with Crippen molar-refractivity contribution in [3.05, 3.63) is 0 Å². The van der Waals surface area contributed by atoms with Crippen LogP contribution in [0.25, 0.3) is 0 Å². The molecule has 0 heterocycles. The summed E-state index contributed by atoms with van der Waals surface area (Å²) in [6.07, 6.45) is 8.14. The van der Waals surface area contributed by atoms with Crippen LogP contribution in [0, 0.1) is 5.41 Å². The molecule has 0 amide bonds. The van der Waals surface area contributed by atoms with Gasteiger partial charge in [-0.2, -0.15) is 0 Å². The monoisotopic (exact) mass is 361 g/mol. The summed E-state index contributed by atoms with van der Waals surface area (Å²) >= 11 is 0. The van der Waals surface area contributed by atoms with E-state index < -0.39 is 9.84 Å². The molecule has 0 bridgehead atoms. The van der Waals surface area contributed by atoms with E-state index in [2.05, 4.69) is 50.2 Å². The predicted octanol–water partition coefficient (Wildman–Crippen LogP) is 3.36. The van der Waals surface area contributed by atoms with Crippen LogP contribution in [-0.2, 0) is 9.84 Å². The number of sulfone groups is 1. The summed E-state index contributed by atoms with van der Waals surface area (Å²) in [5.41, 5.74) is -0.129. The largest absolute Gasteiger partial charge is 0.357 e. The highest BCUT2D eigenvalue weighted by molar-refractivity contribution is 7.90. The molecule has 5 nitrogen and oxygen atoms in total. The number of unbranched alkanes of at least 4 members (excludes halogenated alkanes) is 3. The topological polar surface area (TPSA) is 70.6 Å². The second-order valence-electron chi connectivity index (χ2n) is 7.63.